The van der Waals surface area contributed by atoms with Crippen LogP contribution in [0.5, 0.6) is 5.75 Å². The first-order chi connectivity index (χ1) is 7.72. The third kappa shape index (κ3) is 2.33. The lowest BCUT2D eigenvalue weighted by molar-refractivity contribution is 0.411. The highest BCUT2D eigenvalue weighted by Gasteiger charge is 2.18. The lowest BCUT2D eigenvalue weighted by Gasteiger charge is -2.36. The van der Waals surface area contributed by atoms with E-state index in [0.717, 1.165) is 29.9 Å². The van der Waals surface area contributed by atoms with E-state index in [4.69, 9.17) is 4.74 Å². The van der Waals surface area contributed by atoms with Crippen LogP contribution in [0.25, 0.3) is 0 Å². The molecule has 0 spiro atoms. The Morgan fingerprint density at radius 2 is 2.31 bits per heavy atom. The van der Waals surface area contributed by atoms with Gasteiger partial charge in [-0.05, 0) is 35.0 Å². The molecule has 0 saturated carbocycles. The monoisotopic (exact) mass is 284 g/mol. The van der Waals surface area contributed by atoms with E-state index in [1.807, 2.05) is 6.07 Å². The second-order valence-electron chi connectivity index (χ2n) is 4.07. The molecule has 1 aromatic rings. The Labute approximate surface area is 105 Å². The fourth-order valence-corrected chi connectivity index (χ4v) is 2.46. The Morgan fingerprint density at radius 3 is 3.00 bits per heavy atom. The number of rotatable bonds is 2. The first-order valence-electron chi connectivity index (χ1n) is 5.53. The predicted octanol–water partition coefficient (Wildman–Crippen LogP) is 2.26. The molecule has 1 atom stereocenters. The largest absolute Gasteiger partial charge is 0.495 e. The number of ether oxygens (including phenoxy) is 1. The summed E-state index contributed by atoms with van der Waals surface area (Å²) in [4.78, 5) is 2.41. The minimum absolute atomic E-state index is 0.527. The molecular formula is C12H17BrN2O. The highest BCUT2D eigenvalue weighted by Crippen LogP contribution is 2.30. The van der Waals surface area contributed by atoms with Crippen LogP contribution in [-0.2, 0) is 0 Å². The summed E-state index contributed by atoms with van der Waals surface area (Å²) in [5, 5.41) is 3.39. The Balaban J connectivity index is 2.25. The molecule has 0 amide bonds. The fourth-order valence-electron chi connectivity index (χ4n) is 2.05. The minimum atomic E-state index is 0.527. The summed E-state index contributed by atoms with van der Waals surface area (Å²) in [5.74, 6) is 0.892. The van der Waals surface area contributed by atoms with Gasteiger partial charge in [0.15, 0.2) is 0 Å². The first-order valence-corrected chi connectivity index (χ1v) is 6.32. The topological polar surface area (TPSA) is 24.5 Å². The number of hydrogen-bond donors (Lipinski definition) is 1. The second kappa shape index (κ2) is 5.06. The van der Waals surface area contributed by atoms with Crippen molar-refractivity contribution in [3.63, 3.8) is 0 Å². The normalized spacial score (nSPS) is 20.9. The van der Waals surface area contributed by atoms with E-state index in [0.29, 0.717) is 6.04 Å². The van der Waals surface area contributed by atoms with Gasteiger partial charge in [0.05, 0.1) is 11.6 Å². The van der Waals surface area contributed by atoms with Gasteiger partial charge < -0.3 is 15.0 Å². The Kier molecular flexibility index (Phi) is 3.71. The second-order valence-corrected chi connectivity index (χ2v) is 4.92. The van der Waals surface area contributed by atoms with Gasteiger partial charge in [0.2, 0.25) is 0 Å². The molecule has 1 aliphatic heterocycles. The molecule has 1 N–H and O–H groups in total. The summed E-state index contributed by atoms with van der Waals surface area (Å²) < 4.78 is 6.32. The molecule has 16 heavy (non-hydrogen) atoms. The smallest absolute Gasteiger partial charge is 0.135 e. The van der Waals surface area contributed by atoms with Crippen molar-refractivity contribution < 1.29 is 4.74 Å². The molecule has 2 rings (SSSR count). The maximum absolute atomic E-state index is 5.32. The van der Waals surface area contributed by atoms with Crippen molar-refractivity contribution in [3.05, 3.63) is 22.7 Å². The van der Waals surface area contributed by atoms with Gasteiger partial charge in [-0.25, -0.2) is 0 Å². The van der Waals surface area contributed by atoms with Crippen LogP contribution in [0.2, 0.25) is 0 Å². The van der Waals surface area contributed by atoms with Crippen LogP contribution < -0.4 is 15.0 Å². The van der Waals surface area contributed by atoms with Crippen LogP contribution in [0.4, 0.5) is 5.69 Å². The lowest BCUT2D eigenvalue weighted by Crippen LogP contribution is -2.49. The van der Waals surface area contributed by atoms with Crippen LogP contribution in [0.15, 0.2) is 22.7 Å². The van der Waals surface area contributed by atoms with Crippen molar-refractivity contribution in [1.29, 1.82) is 0 Å². The Morgan fingerprint density at radius 1 is 1.50 bits per heavy atom. The molecule has 0 bridgehead atoms. The summed E-state index contributed by atoms with van der Waals surface area (Å²) in [5.41, 5.74) is 1.23. The van der Waals surface area contributed by atoms with E-state index in [1.165, 1.54) is 5.69 Å². The zero-order valence-electron chi connectivity index (χ0n) is 9.66. The molecule has 1 aliphatic rings. The fraction of sp³-hybridized carbons (Fsp3) is 0.500. The van der Waals surface area contributed by atoms with Gasteiger partial charge in [-0.3, -0.25) is 0 Å². The van der Waals surface area contributed by atoms with Gasteiger partial charge in [-0.2, -0.15) is 0 Å². The molecule has 1 heterocycles. The summed E-state index contributed by atoms with van der Waals surface area (Å²) in [6, 6.07) is 6.79. The summed E-state index contributed by atoms with van der Waals surface area (Å²) >= 11 is 3.47. The first kappa shape index (κ1) is 11.7. The van der Waals surface area contributed by atoms with Crippen molar-refractivity contribution in [3.8, 4) is 5.75 Å². The van der Waals surface area contributed by atoms with Gasteiger partial charge in [0, 0.05) is 37.4 Å². The standard InChI is InChI=1S/C12H17BrN2O/c1-9-8-14-5-6-15(9)10-3-4-11(13)12(7-10)16-2/h3-4,7,9,14H,5-6,8H2,1-2H3. The van der Waals surface area contributed by atoms with Crippen LogP contribution in [0, 0.1) is 0 Å². The summed E-state index contributed by atoms with van der Waals surface area (Å²) in [6.07, 6.45) is 0. The number of halogens is 1. The third-order valence-corrected chi connectivity index (χ3v) is 3.62. The molecular weight excluding hydrogens is 268 g/mol. The Hall–Kier alpha value is -0.740. The highest BCUT2D eigenvalue weighted by molar-refractivity contribution is 9.10. The summed E-state index contributed by atoms with van der Waals surface area (Å²) in [6.45, 7) is 5.37. The number of anilines is 1. The molecule has 4 heteroatoms. The molecule has 88 valence electrons. The van der Waals surface area contributed by atoms with Crippen molar-refractivity contribution in [1.82, 2.24) is 5.32 Å². The maximum atomic E-state index is 5.32. The van der Waals surface area contributed by atoms with Crippen LogP contribution in [0.3, 0.4) is 0 Å². The molecule has 1 unspecified atom stereocenters. The van der Waals surface area contributed by atoms with E-state index in [-0.39, 0.29) is 0 Å². The van der Waals surface area contributed by atoms with Crippen molar-refractivity contribution in [2.24, 2.45) is 0 Å². The van der Waals surface area contributed by atoms with Crippen molar-refractivity contribution in [2.45, 2.75) is 13.0 Å². The third-order valence-electron chi connectivity index (χ3n) is 2.97. The molecule has 1 fully saturated rings. The van der Waals surface area contributed by atoms with E-state index < -0.39 is 0 Å². The van der Waals surface area contributed by atoms with Gasteiger partial charge in [-0.15, -0.1) is 0 Å². The van der Waals surface area contributed by atoms with E-state index in [1.54, 1.807) is 7.11 Å². The van der Waals surface area contributed by atoms with Crippen molar-refractivity contribution in [2.75, 3.05) is 31.6 Å². The Bertz CT molecular complexity index is 370. The number of nitrogens with one attached hydrogen (secondary N) is 1. The zero-order valence-corrected chi connectivity index (χ0v) is 11.3. The predicted molar refractivity (Wildman–Crippen MR) is 70.4 cm³/mol. The van der Waals surface area contributed by atoms with E-state index >= 15 is 0 Å². The lowest BCUT2D eigenvalue weighted by atomic mass is 10.2. The summed E-state index contributed by atoms with van der Waals surface area (Å²) in [7, 11) is 1.70. The maximum Gasteiger partial charge on any atom is 0.135 e. The van der Waals surface area contributed by atoms with Gasteiger partial charge in [0.1, 0.15) is 5.75 Å². The van der Waals surface area contributed by atoms with Gasteiger partial charge >= 0.3 is 0 Å². The number of nitrogens with zero attached hydrogens (tertiary/aromatic N) is 1. The van der Waals surface area contributed by atoms with Crippen LogP contribution in [-0.4, -0.2) is 32.8 Å². The SMILES string of the molecule is COc1cc(N2CCNCC2C)ccc1Br. The van der Waals surface area contributed by atoms with Gasteiger partial charge in [0.25, 0.3) is 0 Å². The minimum Gasteiger partial charge on any atom is -0.495 e. The average molecular weight is 285 g/mol. The quantitative estimate of drug-likeness (QED) is 0.902. The number of benzene rings is 1. The highest BCUT2D eigenvalue weighted by atomic mass is 79.9. The number of hydrogen-bond acceptors (Lipinski definition) is 3. The van der Waals surface area contributed by atoms with Gasteiger partial charge in [-0.1, -0.05) is 0 Å². The van der Waals surface area contributed by atoms with Crippen LogP contribution in [0.1, 0.15) is 6.92 Å². The molecule has 1 saturated heterocycles. The average Bonchev–Trinajstić information content (AvgIpc) is 2.31. The molecule has 0 radical (unpaired) electrons. The number of piperazine rings is 1. The number of methoxy groups -OCH3 is 1. The van der Waals surface area contributed by atoms with E-state index in [9.17, 15) is 0 Å². The van der Waals surface area contributed by atoms with E-state index in [2.05, 4.69) is 45.2 Å². The van der Waals surface area contributed by atoms with Crippen molar-refractivity contribution >= 4 is 21.6 Å². The molecule has 0 aromatic heterocycles. The van der Waals surface area contributed by atoms with Crippen LogP contribution >= 0.6 is 15.9 Å². The zero-order chi connectivity index (χ0) is 11.5. The molecule has 1 aromatic carbocycles. The molecule has 3 nitrogen and oxygen atoms in total. The molecule has 0 aliphatic carbocycles.